The standard InChI is InChI=1S/C16H15N/c1-2-7-15-13-9-4-3-8-12(13)14-10-5-6-11-16(14)17-15/h2-6,8-11,15,17H,1,7H2. The second-order valence-electron chi connectivity index (χ2n) is 4.35. The molecule has 0 spiro atoms. The fourth-order valence-electron chi connectivity index (χ4n) is 2.51. The van der Waals surface area contributed by atoms with Gasteiger partial charge in [0.05, 0.1) is 6.04 Å². The first kappa shape index (κ1) is 10.2. The van der Waals surface area contributed by atoms with Crippen molar-refractivity contribution < 1.29 is 0 Å². The van der Waals surface area contributed by atoms with E-state index in [1.807, 2.05) is 6.08 Å². The topological polar surface area (TPSA) is 12.0 Å². The Morgan fingerprint density at radius 2 is 1.71 bits per heavy atom. The van der Waals surface area contributed by atoms with Gasteiger partial charge in [-0.25, -0.2) is 0 Å². The predicted molar refractivity (Wildman–Crippen MR) is 73.1 cm³/mol. The van der Waals surface area contributed by atoms with Gasteiger partial charge in [0.1, 0.15) is 0 Å². The third kappa shape index (κ3) is 1.64. The molecule has 2 aromatic rings. The lowest BCUT2D eigenvalue weighted by Crippen LogP contribution is -2.16. The van der Waals surface area contributed by atoms with Gasteiger partial charge in [0.2, 0.25) is 0 Å². The summed E-state index contributed by atoms with van der Waals surface area (Å²) in [4.78, 5) is 0. The molecule has 2 aromatic carbocycles. The van der Waals surface area contributed by atoms with Gasteiger partial charge in [-0.15, -0.1) is 6.58 Å². The molecule has 1 aliphatic heterocycles. The third-order valence-corrected chi connectivity index (χ3v) is 3.29. The molecule has 0 fully saturated rings. The lowest BCUT2D eigenvalue weighted by molar-refractivity contribution is 0.793. The van der Waals surface area contributed by atoms with Crippen molar-refractivity contribution in [3.63, 3.8) is 0 Å². The molecular weight excluding hydrogens is 206 g/mol. The van der Waals surface area contributed by atoms with E-state index in [-0.39, 0.29) is 0 Å². The first-order valence-corrected chi connectivity index (χ1v) is 5.96. The van der Waals surface area contributed by atoms with E-state index in [1.54, 1.807) is 0 Å². The molecule has 84 valence electrons. The van der Waals surface area contributed by atoms with Gasteiger partial charge >= 0.3 is 0 Å². The van der Waals surface area contributed by atoms with Crippen LogP contribution in [0.3, 0.4) is 0 Å². The second kappa shape index (κ2) is 4.10. The van der Waals surface area contributed by atoms with Gasteiger partial charge in [-0.3, -0.25) is 0 Å². The van der Waals surface area contributed by atoms with Crippen molar-refractivity contribution in [2.75, 3.05) is 5.32 Å². The maximum absolute atomic E-state index is 3.84. The van der Waals surface area contributed by atoms with Crippen molar-refractivity contribution in [1.82, 2.24) is 0 Å². The summed E-state index contributed by atoms with van der Waals surface area (Å²) in [6.45, 7) is 3.84. The van der Waals surface area contributed by atoms with Gasteiger partial charge < -0.3 is 5.32 Å². The average Bonchev–Trinajstić information content (AvgIpc) is 2.39. The number of nitrogens with one attached hydrogen (secondary N) is 1. The first-order valence-electron chi connectivity index (χ1n) is 5.96. The molecule has 3 rings (SSSR count). The van der Waals surface area contributed by atoms with Crippen LogP contribution in [0.25, 0.3) is 11.1 Å². The highest BCUT2D eigenvalue weighted by Crippen LogP contribution is 2.41. The Balaban J connectivity index is 2.19. The number of benzene rings is 2. The molecule has 17 heavy (non-hydrogen) atoms. The van der Waals surface area contributed by atoms with E-state index in [4.69, 9.17) is 0 Å². The molecule has 1 N–H and O–H groups in total. The first-order chi connectivity index (χ1) is 8.40. The minimum absolute atomic E-state index is 0.346. The van der Waals surface area contributed by atoms with E-state index in [2.05, 4.69) is 60.4 Å². The summed E-state index contributed by atoms with van der Waals surface area (Å²) in [6.07, 6.45) is 2.92. The molecule has 1 nitrogen and oxygen atoms in total. The zero-order valence-corrected chi connectivity index (χ0v) is 9.69. The van der Waals surface area contributed by atoms with Crippen LogP contribution in [0.1, 0.15) is 18.0 Å². The van der Waals surface area contributed by atoms with E-state index in [0.717, 1.165) is 6.42 Å². The highest BCUT2D eigenvalue weighted by Gasteiger charge is 2.21. The quantitative estimate of drug-likeness (QED) is 0.741. The van der Waals surface area contributed by atoms with Crippen LogP contribution >= 0.6 is 0 Å². The van der Waals surface area contributed by atoms with E-state index in [0.29, 0.717) is 6.04 Å². The number of hydrogen-bond acceptors (Lipinski definition) is 1. The Bertz CT molecular complexity index is 557. The van der Waals surface area contributed by atoms with Crippen molar-refractivity contribution in [1.29, 1.82) is 0 Å². The molecule has 0 radical (unpaired) electrons. The summed E-state index contributed by atoms with van der Waals surface area (Å²) < 4.78 is 0. The van der Waals surface area contributed by atoms with Gasteiger partial charge in [0.25, 0.3) is 0 Å². The molecular formula is C16H15N. The lowest BCUT2D eigenvalue weighted by Gasteiger charge is -2.29. The third-order valence-electron chi connectivity index (χ3n) is 3.29. The zero-order chi connectivity index (χ0) is 11.7. The van der Waals surface area contributed by atoms with Crippen LogP contribution < -0.4 is 5.32 Å². The van der Waals surface area contributed by atoms with E-state index in [1.165, 1.54) is 22.4 Å². The highest BCUT2D eigenvalue weighted by molar-refractivity contribution is 5.83. The van der Waals surface area contributed by atoms with E-state index in [9.17, 15) is 0 Å². The maximum Gasteiger partial charge on any atom is 0.0554 e. The molecule has 0 saturated heterocycles. The summed E-state index contributed by atoms with van der Waals surface area (Å²) in [6, 6.07) is 17.4. The molecule has 0 aromatic heterocycles. The fraction of sp³-hybridized carbons (Fsp3) is 0.125. The van der Waals surface area contributed by atoms with E-state index >= 15 is 0 Å². The number of rotatable bonds is 2. The Hall–Kier alpha value is -2.02. The lowest BCUT2D eigenvalue weighted by atomic mass is 9.88. The van der Waals surface area contributed by atoms with Crippen LogP contribution in [0.15, 0.2) is 61.2 Å². The van der Waals surface area contributed by atoms with Gasteiger partial charge in [-0.2, -0.15) is 0 Å². The summed E-state index contributed by atoms with van der Waals surface area (Å²) in [5.74, 6) is 0. The summed E-state index contributed by atoms with van der Waals surface area (Å²) in [5, 5.41) is 3.58. The molecule has 0 aliphatic carbocycles. The molecule has 1 unspecified atom stereocenters. The minimum Gasteiger partial charge on any atom is -0.377 e. The van der Waals surface area contributed by atoms with Crippen molar-refractivity contribution >= 4 is 5.69 Å². The number of para-hydroxylation sites is 1. The van der Waals surface area contributed by atoms with E-state index < -0.39 is 0 Å². The molecule has 0 bridgehead atoms. The van der Waals surface area contributed by atoms with Gasteiger partial charge in [-0.05, 0) is 23.6 Å². The van der Waals surface area contributed by atoms with Crippen LogP contribution in [0.2, 0.25) is 0 Å². The number of fused-ring (bicyclic) bond motifs is 3. The monoisotopic (exact) mass is 221 g/mol. The van der Waals surface area contributed by atoms with Crippen LogP contribution in [-0.2, 0) is 0 Å². The highest BCUT2D eigenvalue weighted by atomic mass is 14.9. The molecule has 1 aliphatic rings. The van der Waals surface area contributed by atoms with Crippen LogP contribution in [0.5, 0.6) is 0 Å². The molecule has 1 atom stereocenters. The van der Waals surface area contributed by atoms with Crippen molar-refractivity contribution in [2.24, 2.45) is 0 Å². The Morgan fingerprint density at radius 3 is 2.53 bits per heavy atom. The van der Waals surface area contributed by atoms with Crippen molar-refractivity contribution in [2.45, 2.75) is 12.5 Å². The summed E-state index contributed by atoms with van der Waals surface area (Å²) in [5.41, 5.74) is 5.22. The van der Waals surface area contributed by atoms with Crippen LogP contribution in [0, 0.1) is 0 Å². The smallest absolute Gasteiger partial charge is 0.0554 e. The Labute approximate surface area is 102 Å². The number of anilines is 1. The number of hydrogen-bond donors (Lipinski definition) is 1. The average molecular weight is 221 g/mol. The van der Waals surface area contributed by atoms with Crippen molar-refractivity contribution in [3.05, 3.63) is 66.7 Å². The molecule has 0 amide bonds. The normalized spacial score (nSPS) is 16.6. The Morgan fingerprint density at radius 1 is 1.00 bits per heavy atom. The molecule has 1 heterocycles. The van der Waals surface area contributed by atoms with Gasteiger partial charge in [-0.1, -0.05) is 48.5 Å². The predicted octanol–water partition coefficient (Wildman–Crippen LogP) is 4.40. The van der Waals surface area contributed by atoms with Gasteiger partial charge in [0.15, 0.2) is 0 Å². The minimum atomic E-state index is 0.346. The fourth-order valence-corrected chi connectivity index (χ4v) is 2.51. The van der Waals surface area contributed by atoms with Gasteiger partial charge in [0, 0.05) is 11.3 Å². The molecule has 1 heteroatoms. The summed E-state index contributed by atoms with van der Waals surface area (Å²) >= 11 is 0. The Kier molecular flexibility index (Phi) is 2.45. The van der Waals surface area contributed by atoms with Crippen molar-refractivity contribution in [3.8, 4) is 11.1 Å². The summed E-state index contributed by atoms with van der Waals surface area (Å²) in [7, 11) is 0. The SMILES string of the molecule is C=CCC1Nc2ccccc2-c2ccccc21. The maximum atomic E-state index is 3.84. The molecule has 0 saturated carbocycles. The van der Waals surface area contributed by atoms with Crippen LogP contribution in [-0.4, -0.2) is 0 Å². The second-order valence-corrected chi connectivity index (χ2v) is 4.35. The van der Waals surface area contributed by atoms with Crippen LogP contribution in [0.4, 0.5) is 5.69 Å². The zero-order valence-electron chi connectivity index (χ0n) is 9.69. The largest absolute Gasteiger partial charge is 0.377 e.